The molecule has 1 N–H and O–H groups in total. The van der Waals surface area contributed by atoms with Gasteiger partial charge in [0.15, 0.2) is 5.78 Å². The summed E-state index contributed by atoms with van der Waals surface area (Å²) in [5.74, 6) is -1.62. The number of carbonyl (C=O) groups excluding carboxylic acids is 3. The largest absolute Gasteiger partial charge is 0.464 e. The van der Waals surface area contributed by atoms with Crippen molar-refractivity contribution in [2.75, 3.05) is 6.61 Å². The summed E-state index contributed by atoms with van der Waals surface area (Å²) in [4.78, 5) is 36.2. The maximum absolute atomic E-state index is 12.4. The topological polar surface area (TPSA) is 96.3 Å². The molecule has 0 radical (unpaired) electrons. The molecule has 0 aromatic heterocycles. The number of esters is 1. The van der Waals surface area contributed by atoms with E-state index in [-0.39, 0.29) is 18.8 Å². The SMILES string of the molecule is CCOC(=O)C(C)(CC(=O)c1ccc(C)cc1)NC(=O)CC#N. The number of rotatable bonds is 7. The van der Waals surface area contributed by atoms with Gasteiger partial charge in [0.1, 0.15) is 12.0 Å². The molecule has 0 fully saturated rings. The van der Waals surface area contributed by atoms with Crippen molar-refractivity contribution >= 4 is 17.7 Å². The van der Waals surface area contributed by atoms with Crippen molar-refractivity contribution in [2.24, 2.45) is 0 Å². The fourth-order valence-corrected chi connectivity index (χ4v) is 2.04. The van der Waals surface area contributed by atoms with E-state index in [0.717, 1.165) is 5.56 Å². The Balaban J connectivity index is 2.97. The molecule has 6 nitrogen and oxygen atoms in total. The average molecular weight is 316 g/mol. The van der Waals surface area contributed by atoms with Gasteiger partial charge in [-0.05, 0) is 20.8 Å². The van der Waals surface area contributed by atoms with Crippen LogP contribution in [0.3, 0.4) is 0 Å². The van der Waals surface area contributed by atoms with E-state index in [9.17, 15) is 14.4 Å². The molecule has 0 aliphatic rings. The van der Waals surface area contributed by atoms with Gasteiger partial charge in [0.05, 0.1) is 12.7 Å². The Morgan fingerprint density at radius 3 is 2.39 bits per heavy atom. The van der Waals surface area contributed by atoms with Crippen molar-refractivity contribution in [2.45, 2.75) is 39.2 Å². The van der Waals surface area contributed by atoms with E-state index < -0.39 is 23.8 Å². The van der Waals surface area contributed by atoms with Gasteiger partial charge in [-0.25, -0.2) is 4.79 Å². The molecule has 6 heteroatoms. The maximum atomic E-state index is 12.4. The minimum absolute atomic E-state index is 0.126. The number of aryl methyl sites for hydroxylation is 1. The number of hydrogen-bond donors (Lipinski definition) is 1. The molecule has 0 saturated carbocycles. The third kappa shape index (κ3) is 5.22. The summed E-state index contributed by atoms with van der Waals surface area (Å²) >= 11 is 0. The highest BCUT2D eigenvalue weighted by Gasteiger charge is 2.38. The molecule has 1 rings (SSSR count). The Bertz CT molecular complexity index is 631. The average Bonchev–Trinajstić information content (AvgIpc) is 2.48. The Hall–Kier alpha value is -2.68. The number of nitrogens with zero attached hydrogens (tertiary/aromatic N) is 1. The molecule has 23 heavy (non-hydrogen) atoms. The first-order valence-electron chi connectivity index (χ1n) is 7.27. The Labute approximate surface area is 135 Å². The van der Waals surface area contributed by atoms with Crippen LogP contribution in [-0.4, -0.2) is 29.8 Å². The van der Waals surface area contributed by atoms with Crippen LogP contribution in [0.15, 0.2) is 24.3 Å². The summed E-state index contributed by atoms with van der Waals surface area (Å²) in [6, 6.07) is 8.63. The molecule has 1 amide bonds. The first-order chi connectivity index (χ1) is 10.8. The van der Waals surface area contributed by atoms with E-state index in [0.29, 0.717) is 5.56 Å². The molecular weight excluding hydrogens is 296 g/mol. The summed E-state index contributed by atoms with van der Waals surface area (Å²) in [7, 11) is 0. The second kappa shape index (κ2) is 8.08. The number of ketones is 1. The predicted molar refractivity (Wildman–Crippen MR) is 83.5 cm³/mol. The lowest BCUT2D eigenvalue weighted by Crippen LogP contribution is -2.54. The van der Waals surface area contributed by atoms with E-state index in [1.165, 1.54) is 6.92 Å². The summed E-state index contributed by atoms with van der Waals surface area (Å²) in [6.07, 6.45) is -0.639. The highest BCUT2D eigenvalue weighted by molar-refractivity contribution is 6.01. The second-order valence-corrected chi connectivity index (χ2v) is 5.40. The summed E-state index contributed by atoms with van der Waals surface area (Å²) in [5, 5.41) is 11.0. The molecule has 1 unspecified atom stereocenters. The number of amides is 1. The Morgan fingerprint density at radius 1 is 1.26 bits per heavy atom. The van der Waals surface area contributed by atoms with E-state index in [2.05, 4.69) is 5.32 Å². The van der Waals surface area contributed by atoms with Crippen molar-refractivity contribution in [3.8, 4) is 6.07 Å². The second-order valence-electron chi connectivity index (χ2n) is 5.40. The third-order valence-electron chi connectivity index (χ3n) is 3.27. The number of hydrogen-bond acceptors (Lipinski definition) is 5. The van der Waals surface area contributed by atoms with Gasteiger partial charge in [-0.1, -0.05) is 29.8 Å². The molecule has 0 bridgehead atoms. The minimum atomic E-state index is -1.51. The Kier molecular flexibility index (Phi) is 6.46. The highest BCUT2D eigenvalue weighted by Crippen LogP contribution is 2.17. The van der Waals surface area contributed by atoms with Crippen LogP contribution in [0.4, 0.5) is 0 Å². The molecule has 0 saturated heterocycles. The number of benzene rings is 1. The number of nitriles is 1. The predicted octanol–water partition coefficient (Wildman–Crippen LogP) is 1.92. The molecule has 0 aliphatic heterocycles. The molecule has 0 heterocycles. The van der Waals surface area contributed by atoms with Gasteiger partial charge in [-0.3, -0.25) is 9.59 Å². The van der Waals surface area contributed by atoms with Crippen LogP contribution in [0.1, 0.15) is 42.6 Å². The molecule has 0 spiro atoms. The molecule has 1 aromatic rings. The van der Waals surface area contributed by atoms with Crippen LogP contribution < -0.4 is 5.32 Å². The van der Waals surface area contributed by atoms with Gasteiger partial charge in [0.25, 0.3) is 0 Å². The molecule has 122 valence electrons. The number of ether oxygens (including phenoxy) is 1. The quantitative estimate of drug-likeness (QED) is 0.612. The standard InChI is InChI=1S/C17H20N2O4/c1-4-23-16(22)17(3,19-15(21)9-10-18)11-14(20)13-7-5-12(2)6-8-13/h5-8H,4,9,11H2,1-3H3,(H,19,21). The monoisotopic (exact) mass is 316 g/mol. The molecule has 1 atom stereocenters. The van der Waals surface area contributed by atoms with Gasteiger partial charge in [0, 0.05) is 12.0 Å². The van der Waals surface area contributed by atoms with Gasteiger partial charge < -0.3 is 10.1 Å². The minimum Gasteiger partial charge on any atom is -0.464 e. The van der Waals surface area contributed by atoms with Crippen LogP contribution in [0.5, 0.6) is 0 Å². The lowest BCUT2D eigenvalue weighted by Gasteiger charge is -2.27. The summed E-state index contributed by atoms with van der Waals surface area (Å²) in [5.41, 5.74) is -0.0518. The number of carbonyl (C=O) groups is 3. The lowest BCUT2D eigenvalue weighted by atomic mass is 9.91. The zero-order valence-electron chi connectivity index (χ0n) is 13.5. The third-order valence-corrected chi connectivity index (χ3v) is 3.27. The number of nitrogens with one attached hydrogen (secondary N) is 1. The van der Waals surface area contributed by atoms with Crippen LogP contribution in [0.25, 0.3) is 0 Å². The van der Waals surface area contributed by atoms with E-state index in [4.69, 9.17) is 10.00 Å². The van der Waals surface area contributed by atoms with Gasteiger partial charge in [-0.15, -0.1) is 0 Å². The van der Waals surface area contributed by atoms with E-state index in [1.807, 2.05) is 6.92 Å². The van der Waals surface area contributed by atoms with Crippen molar-refractivity contribution in [3.63, 3.8) is 0 Å². The van der Waals surface area contributed by atoms with Crippen molar-refractivity contribution < 1.29 is 19.1 Å². The first-order valence-corrected chi connectivity index (χ1v) is 7.27. The summed E-state index contributed by atoms with van der Waals surface area (Å²) in [6.45, 7) is 5.09. The van der Waals surface area contributed by atoms with E-state index >= 15 is 0 Å². The normalized spacial score (nSPS) is 12.6. The zero-order chi connectivity index (χ0) is 17.5. The van der Waals surface area contributed by atoms with Crippen LogP contribution >= 0.6 is 0 Å². The molecule has 1 aromatic carbocycles. The maximum Gasteiger partial charge on any atom is 0.332 e. The zero-order valence-corrected chi connectivity index (χ0v) is 13.5. The van der Waals surface area contributed by atoms with Crippen molar-refractivity contribution in [1.82, 2.24) is 5.32 Å². The van der Waals surface area contributed by atoms with Crippen LogP contribution in [0.2, 0.25) is 0 Å². The fourth-order valence-electron chi connectivity index (χ4n) is 2.04. The van der Waals surface area contributed by atoms with Crippen molar-refractivity contribution in [3.05, 3.63) is 35.4 Å². The smallest absolute Gasteiger partial charge is 0.332 e. The van der Waals surface area contributed by atoms with Crippen LogP contribution in [-0.2, 0) is 14.3 Å². The molecule has 0 aliphatic carbocycles. The number of Topliss-reactive ketones (excluding diaryl/α,β-unsaturated/α-hetero) is 1. The summed E-state index contributed by atoms with van der Waals surface area (Å²) < 4.78 is 4.95. The van der Waals surface area contributed by atoms with E-state index in [1.54, 1.807) is 37.3 Å². The Morgan fingerprint density at radius 2 is 1.87 bits per heavy atom. The van der Waals surface area contributed by atoms with Gasteiger partial charge in [0.2, 0.25) is 5.91 Å². The van der Waals surface area contributed by atoms with Gasteiger partial charge >= 0.3 is 5.97 Å². The van der Waals surface area contributed by atoms with Crippen LogP contribution in [0, 0.1) is 18.3 Å². The highest BCUT2D eigenvalue weighted by atomic mass is 16.5. The molecular formula is C17H20N2O4. The van der Waals surface area contributed by atoms with Crippen molar-refractivity contribution in [1.29, 1.82) is 5.26 Å². The first kappa shape index (κ1) is 18.4. The lowest BCUT2D eigenvalue weighted by molar-refractivity contribution is -0.152. The fraction of sp³-hybridized carbons (Fsp3) is 0.412. The van der Waals surface area contributed by atoms with Gasteiger partial charge in [-0.2, -0.15) is 5.26 Å².